The number of nitrogens with zero attached hydrogens (tertiary/aromatic N) is 2. The van der Waals surface area contributed by atoms with Crippen LogP contribution in [0.1, 0.15) is 22.8 Å². The van der Waals surface area contributed by atoms with Gasteiger partial charge in [-0.2, -0.15) is 0 Å². The molecule has 3 nitrogen and oxygen atoms in total. The van der Waals surface area contributed by atoms with Crippen molar-refractivity contribution in [2.45, 2.75) is 12.7 Å². The fourth-order valence-corrected chi connectivity index (χ4v) is 3.03. The van der Waals surface area contributed by atoms with Crippen LogP contribution in [0.3, 0.4) is 0 Å². The van der Waals surface area contributed by atoms with Crippen LogP contribution in [0, 0.1) is 0 Å². The van der Waals surface area contributed by atoms with Crippen molar-refractivity contribution in [3.05, 3.63) is 95.6 Å². The molecule has 0 aliphatic rings. The van der Waals surface area contributed by atoms with Gasteiger partial charge in [0, 0.05) is 39.6 Å². The van der Waals surface area contributed by atoms with Crippen LogP contribution in [0.5, 0.6) is 0 Å². The topological polar surface area (TPSA) is 15.7 Å². The molecule has 0 saturated heterocycles. The summed E-state index contributed by atoms with van der Waals surface area (Å²) < 4.78 is 6.37. The zero-order chi connectivity index (χ0) is 19.2. The molecule has 3 aromatic rings. The number of rotatable bonds is 7. The number of ether oxygens (including phenoxy) is 1. The van der Waals surface area contributed by atoms with Gasteiger partial charge in [0.2, 0.25) is 0 Å². The quantitative estimate of drug-likeness (QED) is 0.581. The lowest BCUT2D eigenvalue weighted by atomic mass is 10.0. The van der Waals surface area contributed by atoms with E-state index in [0.29, 0.717) is 6.61 Å². The highest BCUT2D eigenvalue weighted by Gasteiger charge is 2.16. The summed E-state index contributed by atoms with van der Waals surface area (Å²) in [5.74, 6) is 0. The summed E-state index contributed by atoms with van der Waals surface area (Å²) in [5.41, 5.74) is 5.87. The molecule has 0 aromatic heterocycles. The van der Waals surface area contributed by atoms with Crippen molar-refractivity contribution in [2.75, 3.05) is 38.0 Å². The molecule has 0 fully saturated rings. The monoisotopic (exact) mass is 360 g/mol. The van der Waals surface area contributed by atoms with Gasteiger partial charge in [-0.05, 0) is 41.0 Å². The van der Waals surface area contributed by atoms with Gasteiger partial charge in [-0.25, -0.2) is 0 Å². The first kappa shape index (κ1) is 19.0. The molecule has 0 N–H and O–H groups in total. The predicted molar refractivity (Wildman–Crippen MR) is 115 cm³/mol. The maximum absolute atomic E-state index is 6.37. The van der Waals surface area contributed by atoms with Gasteiger partial charge in [0.1, 0.15) is 6.10 Å². The first-order valence-corrected chi connectivity index (χ1v) is 9.24. The molecular formula is C24H28N2O. The molecule has 0 saturated carbocycles. The largest absolute Gasteiger partial charge is 0.378 e. The van der Waals surface area contributed by atoms with Gasteiger partial charge in [0.15, 0.2) is 0 Å². The molecule has 0 spiro atoms. The predicted octanol–water partition coefficient (Wildman–Crippen LogP) is 5.12. The standard InChI is InChI=1S/C24H28N2O/c1-25(2)22-14-10-20(11-15-22)24(27-18-19-8-6-5-7-9-19)21-12-16-23(17-13-21)26(3)4/h5-17,24H,18H2,1-4H3. The second kappa shape index (κ2) is 8.74. The van der Waals surface area contributed by atoms with Gasteiger partial charge < -0.3 is 14.5 Å². The van der Waals surface area contributed by atoms with Gasteiger partial charge in [0.25, 0.3) is 0 Å². The Kier molecular flexibility index (Phi) is 6.15. The average Bonchev–Trinajstić information content (AvgIpc) is 2.69. The van der Waals surface area contributed by atoms with Crippen molar-refractivity contribution < 1.29 is 4.74 Å². The number of anilines is 2. The molecule has 140 valence electrons. The minimum atomic E-state index is -0.0994. The van der Waals surface area contributed by atoms with Crippen LogP contribution < -0.4 is 9.80 Å². The van der Waals surface area contributed by atoms with Crippen molar-refractivity contribution in [1.82, 2.24) is 0 Å². The molecule has 3 rings (SSSR count). The Morgan fingerprint density at radius 1 is 0.630 bits per heavy atom. The molecule has 0 aliphatic carbocycles. The van der Waals surface area contributed by atoms with E-state index in [9.17, 15) is 0 Å². The van der Waals surface area contributed by atoms with E-state index >= 15 is 0 Å². The Hall–Kier alpha value is -2.78. The highest BCUT2D eigenvalue weighted by atomic mass is 16.5. The molecule has 0 unspecified atom stereocenters. The van der Waals surface area contributed by atoms with E-state index in [4.69, 9.17) is 4.74 Å². The Morgan fingerprint density at radius 3 is 1.48 bits per heavy atom. The van der Waals surface area contributed by atoms with Crippen LogP contribution in [0.25, 0.3) is 0 Å². The smallest absolute Gasteiger partial charge is 0.108 e. The van der Waals surface area contributed by atoms with Gasteiger partial charge >= 0.3 is 0 Å². The summed E-state index contributed by atoms with van der Waals surface area (Å²) in [4.78, 5) is 4.21. The van der Waals surface area contributed by atoms with E-state index in [1.165, 1.54) is 16.9 Å². The van der Waals surface area contributed by atoms with E-state index < -0.39 is 0 Å². The van der Waals surface area contributed by atoms with Crippen LogP contribution in [-0.2, 0) is 11.3 Å². The number of hydrogen-bond acceptors (Lipinski definition) is 3. The van der Waals surface area contributed by atoms with Crippen molar-refractivity contribution in [3.63, 3.8) is 0 Å². The Morgan fingerprint density at radius 2 is 1.07 bits per heavy atom. The number of hydrogen-bond donors (Lipinski definition) is 0. The van der Waals surface area contributed by atoms with Crippen LogP contribution in [0.15, 0.2) is 78.9 Å². The SMILES string of the molecule is CN(C)c1ccc(C(OCc2ccccc2)c2ccc(N(C)C)cc2)cc1. The highest BCUT2D eigenvalue weighted by Crippen LogP contribution is 2.30. The second-order valence-electron chi connectivity index (χ2n) is 7.15. The zero-order valence-electron chi connectivity index (χ0n) is 16.6. The van der Waals surface area contributed by atoms with E-state index in [2.05, 4.69) is 98.7 Å². The molecule has 27 heavy (non-hydrogen) atoms. The first-order chi connectivity index (χ1) is 13.0. The third kappa shape index (κ3) is 4.89. The highest BCUT2D eigenvalue weighted by molar-refractivity contribution is 5.50. The van der Waals surface area contributed by atoms with Crippen LogP contribution in [-0.4, -0.2) is 28.2 Å². The third-order valence-corrected chi connectivity index (χ3v) is 4.68. The summed E-state index contributed by atoms with van der Waals surface area (Å²) in [5, 5.41) is 0. The fourth-order valence-electron chi connectivity index (χ4n) is 3.03. The lowest BCUT2D eigenvalue weighted by Gasteiger charge is -2.21. The summed E-state index contributed by atoms with van der Waals surface area (Å²) >= 11 is 0. The van der Waals surface area contributed by atoms with Crippen LogP contribution in [0.2, 0.25) is 0 Å². The van der Waals surface area contributed by atoms with Gasteiger partial charge in [-0.15, -0.1) is 0 Å². The summed E-state index contributed by atoms with van der Waals surface area (Å²) in [6, 6.07) is 27.5. The molecule has 3 aromatic carbocycles. The molecule has 0 aliphatic heterocycles. The summed E-state index contributed by atoms with van der Waals surface area (Å²) in [6.45, 7) is 0.580. The summed E-state index contributed by atoms with van der Waals surface area (Å²) in [7, 11) is 8.22. The lowest BCUT2D eigenvalue weighted by Crippen LogP contribution is -2.11. The van der Waals surface area contributed by atoms with E-state index in [-0.39, 0.29) is 6.10 Å². The minimum Gasteiger partial charge on any atom is -0.378 e. The fraction of sp³-hybridized carbons (Fsp3) is 0.250. The van der Waals surface area contributed by atoms with E-state index in [1.54, 1.807) is 0 Å². The second-order valence-corrected chi connectivity index (χ2v) is 7.15. The van der Waals surface area contributed by atoms with Crippen molar-refractivity contribution in [1.29, 1.82) is 0 Å². The molecular weight excluding hydrogens is 332 g/mol. The first-order valence-electron chi connectivity index (χ1n) is 9.24. The van der Waals surface area contributed by atoms with Gasteiger partial charge in [0.05, 0.1) is 6.61 Å². The van der Waals surface area contributed by atoms with Crippen molar-refractivity contribution in [2.24, 2.45) is 0 Å². The third-order valence-electron chi connectivity index (χ3n) is 4.68. The van der Waals surface area contributed by atoms with Gasteiger partial charge in [-0.1, -0.05) is 54.6 Å². The van der Waals surface area contributed by atoms with Crippen LogP contribution >= 0.6 is 0 Å². The molecule has 0 bridgehead atoms. The van der Waals surface area contributed by atoms with E-state index in [1.807, 2.05) is 18.2 Å². The molecule has 0 heterocycles. The Balaban J connectivity index is 1.87. The minimum absolute atomic E-state index is 0.0994. The van der Waals surface area contributed by atoms with E-state index in [0.717, 1.165) is 11.1 Å². The zero-order valence-corrected chi connectivity index (χ0v) is 16.6. The maximum Gasteiger partial charge on any atom is 0.108 e. The lowest BCUT2D eigenvalue weighted by molar-refractivity contribution is 0.0667. The molecule has 0 radical (unpaired) electrons. The average molecular weight is 361 g/mol. The molecule has 3 heteroatoms. The van der Waals surface area contributed by atoms with Crippen molar-refractivity contribution in [3.8, 4) is 0 Å². The Bertz CT molecular complexity index is 773. The Labute approximate surface area is 162 Å². The van der Waals surface area contributed by atoms with Crippen molar-refractivity contribution >= 4 is 11.4 Å². The molecule has 0 amide bonds. The molecule has 0 atom stereocenters. The van der Waals surface area contributed by atoms with Crippen LogP contribution in [0.4, 0.5) is 11.4 Å². The normalized spacial score (nSPS) is 10.9. The maximum atomic E-state index is 6.37. The number of benzene rings is 3. The van der Waals surface area contributed by atoms with Gasteiger partial charge in [-0.3, -0.25) is 0 Å². The summed E-state index contributed by atoms with van der Waals surface area (Å²) in [6.07, 6.45) is -0.0994.